The van der Waals surface area contributed by atoms with Gasteiger partial charge in [0.15, 0.2) is 0 Å². The van der Waals surface area contributed by atoms with Gasteiger partial charge in [-0.15, -0.1) is 0 Å². The largest absolute Gasteiger partial charge is 0.369 e. The van der Waals surface area contributed by atoms with E-state index in [2.05, 4.69) is 9.80 Å². The first-order valence-corrected chi connectivity index (χ1v) is 7.49. The van der Waals surface area contributed by atoms with Gasteiger partial charge in [0.25, 0.3) is 0 Å². The maximum atomic E-state index is 12.0. The SMILES string of the molecule is CN1C(=O)C[C@H](N2CCN(c3cccc(Cl)c3)CC2)C1=O. The van der Waals surface area contributed by atoms with Crippen molar-refractivity contribution in [3.05, 3.63) is 29.3 Å². The first-order chi connectivity index (χ1) is 10.1. The number of hydrogen-bond acceptors (Lipinski definition) is 4. The van der Waals surface area contributed by atoms with Crippen LogP contribution >= 0.6 is 11.6 Å². The molecule has 21 heavy (non-hydrogen) atoms. The molecule has 2 amide bonds. The van der Waals surface area contributed by atoms with Crippen LogP contribution in [0.4, 0.5) is 5.69 Å². The number of benzene rings is 1. The van der Waals surface area contributed by atoms with Gasteiger partial charge in [0.05, 0.1) is 12.5 Å². The van der Waals surface area contributed by atoms with Crippen molar-refractivity contribution in [1.29, 1.82) is 0 Å². The Balaban J connectivity index is 1.63. The van der Waals surface area contributed by atoms with E-state index in [4.69, 9.17) is 11.6 Å². The molecule has 3 rings (SSSR count). The molecular weight excluding hydrogens is 290 g/mol. The first-order valence-electron chi connectivity index (χ1n) is 7.11. The lowest BCUT2D eigenvalue weighted by Gasteiger charge is -2.38. The summed E-state index contributed by atoms with van der Waals surface area (Å²) in [6.07, 6.45) is 0.312. The number of piperazine rings is 1. The predicted molar refractivity (Wildman–Crippen MR) is 81.4 cm³/mol. The second-order valence-electron chi connectivity index (χ2n) is 5.51. The van der Waals surface area contributed by atoms with Crippen molar-refractivity contribution in [3.8, 4) is 0 Å². The highest BCUT2D eigenvalue weighted by atomic mass is 35.5. The van der Waals surface area contributed by atoms with E-state index in [0.717, 1.165) is 36.9 Å². The van der Waals surface area contributed by atoms with Crippen LogP contribution in [0.5, 0.6) is 0 Å². The zero-order valence-electron chi connectivity index (χ0n) is 12.0. The van der Waals surface area contributed by atoms with Gasteiger partial charge < -0.3 is 4.90 Å². The van der Waals surface area contributed by atoms with E-state index in [1.807, 2.05) is 24.3 Å². The average Bonchev–Trinajstić information content (AvgIpc) is 2.75. The number of carbonyl (C=O) groups excluding carboxylic acids is 2. The van der Waals surface area contributed by atoms with Crippen LogP contribution in [0.3, 0.4) is 0 Å². The summed E-state index contributed by atoms with van der Waals surface area (Å²) in [5.74, 6) is -0.154. The van der Waals surface area contributed by atoms with Crippen LogP contribution in [0.2, 0.25) is 5.02 Å². The molecule has 6 heteroatoms. The summed E-state index contributed by atoms with van der Waals surface area (Å²) in [7, 11) is 1.56. The molecule has 1 aromatic rings. The van der Waals surface area contributed by atoms with E-state index in [1.165, 1.54) is 4.90 Å². The highest BCUT2D eigenvalue weighted by molar-refractivity contribution is 6.30. The normalized spacial score (nSPS) is 24.0. The summed E-state index contributed by atoms with van der Waals surface area (Å²) in [6.45, 7) is 3.23. The molecule has 1 atom stereocenters. The Kier molecular flexibility index (Phi) is 3.87. The number of amides is 2. The molecule has 0 saturated carbocycles. The van der Waals surface area contributed by atoms with Crippen molar-refractivity contribution in [1.82, 2.24) is 9.80 Å². The Hall–Kier alpha value is -1.59. The summed E-state index contributed by atoms with van der Waals surface area (Å²) in [6, 6.07) is 7.52. The number of likely N-dealkylation sites (N-methyl/N-ethyl adjacent to an activating group) is 1. The van der Waals surface area contributed by atoms with Crippen molar-refractivity contribution >= 4 is 29.1 Å². The van der Waals surface area contributed by atoms with Crippen molar-refractivity contribution in [2.75, 3.05) is 38.1 Å². The third kappa shape index (κ3) is 2.76. The van der Waals surface area contributed by atoms with E-state index in [9.17, 15) is 9.59 Å². The maximum absolute atomic E-state index is 12.0. The number of imide groups is 1. The van der Waals surface area contributed by atoms with Gasteiger partial charge in [0, 0.05) is 43.9 Å². The van der Waals surface area contributed by atoms with E-state index in [0.29, 0.717) is 6.42 Å². The fraction of sp³-hybridized carbons (Fsp3) is 0.467. The van der Waals surface area contributed by atoms with Crippen molar-refractivity contribution in [2.45, 2.75) is 12.5 Å². The standard InChI is InChI=1S/C15H18ClN3O2/c1-17-14(20)10-13(15(17)21)19-7-5-18(6-8-19)12-4-2-3-11(16)9-12/h2-4,9,13H,5-8,10H2,1H3/t13-/m0/s1. The van der Waals surface area contributed by atoms with E-state index in [-0.39, 0.29) is 17.9 Å². The number of anilines is 1. The molecule has 0 spiro atoms. The molecule has 2 heterocycles. The molecule has 5 nitrogen and oxygen atoms in total. The highest BCUT2D eigenvalue weighted by Crippen LogP contribution is 2.23. The van der Waals surface area contributed by atoms with Crippen molar-refractivity contribution in [2.24, 2.45) is 0 Å². The van der Waals surface area contributed by atoms with Gasteiger partial charge in [-0.05, 0) is 18.2 Å². The first kappa shape index (κ1) is 14.4. The number of likely N-dealkylation sites (tertiary alicyclic amines) is 1. The molecule has 0 radical (unpaired) electrons. The monoisotopic (exact) mass is 307 g/mol. The molecule has 2 aliphatic heterocycles. The minimum Gasteiger partial charge on any atom is -0.369 e. The summed E-state index contributed by atoms with van der Waals surface area (Å²) in [4.78, 5) is 29.3. The lowest BCUT2D eigenvalue weighted by Crippen LogP contribution is -2.52. The third-order valence-corrected chi connectivity index (χ3v) is 4.52. The second-order valence-corrected chi connectivity index (χ2v) is 5.95. The minimum atomic E-state index is -0.274. The second kappa shape index (κ2) is 5.66. The Morgan fingerprint density at radius 1 is 1.14 bits per heavy atom. The van der Waals surface area contributed by atoms with Crippen LogP contribution in [0, 0.1) is 0 Å². The summed E-state index contributed by atoms with van der Waals surface area (Å²) < 4.78 is 0. The Morgan fingerprint density at radius 2 is 1.86 bits per heavy atom. The van der Waals surface area contributed by atoms with Gasteiger partial charge in [-0.2, -0.15) is 0 Å². The van der Waals surface area contributed by atoms with Gasteiger partial charge in [-0.3, -0.25) is 19.4 Å². The van der Waals surface area contributed by atoms with Gasteiger partial charge in [0.2, 0.25) is 11.8 Å². The fourth-order valence-electron chi connectivity index (χ4n) is 2.99. The quantitative estimate of drug-likeness (QED) is 0.771. The number of nitrogens with zero attached hydrogens (tertiary/aromatic N) is 3. The molecule has 2 saturated heterocycles. The highest BCUT2D eigenvalue weighted by Gasteiger charge is 2.40. The van der Waals surface area contributed by atoms with Gasteiger partial charge in [0.1, 0.15) is 0 Å². The van der Waals surface area contributed by atoms with E-state index >= 15 is 0 Å². The van der Waals surface area contributed by atoms with Gasteiger partial charge in [-0.25, -0.2) is 0 Å². The van der Waals surface area contributed by atoms with Crippen LogP contribution in [-0.4, -0.2) is 60.9 Å². The molecule has 112 valence electrons. The molecule has 0 aromatic heterocycles. The predicted octanol–water partition coefficient (Wildman–Crippen LogP) is 1.22. The van der Waals surface area contributed by atoms with Gasteiger partial charge in [-0.1, -0.05) is 17.7 Å². The van der Waals surface area contributed by atoms with Crippen molar-refractivity contribution < 1.29 is 9.59 Å². The van der Waals surface area contributed by atoms with E-state index < -0.39 is 0 Å². The zero-order valence-corrected chi connectivity index (χ0v) is 12.7. The summed E-state index contributed by atoms with van der Waals surface area (Å²) in [5.41, 5.74) is 1.10. The molecule has 0 N–H and O–H groups in total. The number of carbonyl (C=O) groups is 2. The summed E-state index contributed by atoms with van der Waals surface area (Å²) in [5, 5.41) is 0.730. The molecular formula is C15H18ClN3O2. The molecule has 0 unspecified atom stereocenters. The van der Waals surface area contributed by atoms with Crippen LogP contribution in [0.1, 0.15) is 6.42 Å². The molecule has 2 fully saturated rings. The van der Waals surface area contributed by atoms with Crippen LogP contribution in [0.15, 0.2) is 24.3 Å². The van der Waals surface area contributed by atoms with Crippen LogP contribution in [0.25, 0.3) is 0 Å². The third-order valence-electron chi connectivity index (χ3n) is 4.29. The smallest absolute Gasteiger partial charge is 0.246 e. The Morgan fingerprint density at radius 3 is 2.43 bits per heavy atom. The molecule has 1 aromatic carbocycles. The number of halogens is 1. The van der Waals surface area contributed by atoms with Crippen LogP contribution < -0.4 is 4.90 Å². The lowest BCUT2D eigenvalue weighted by molar-refractivity contribution is -0.138. The topological polar surface area (TPSA) is 43.9 Å². The Labute approximate surface area is 129 Å². The molecule has 0 bridgehead atoms. The maximum Gasteiger partial charge on any atom is 0.246 e. The molecule has 2 aliphatic rings. The lowest BCUT2D eigenvalue weighted by atomic mass is 10.1. The van der Waals surface area contributed by atoms with Crippen molar-refractivity contribution in [3.63, 3.8) is 0 Å². The Bertz CT molecular complexity index is 570. The minimum absolute atomic E-state index is 0.0730. The number of rotatable bonds is 2. The van der Waals surface area contributed by atoms with E-state index in [1.54, 1.807) is 7.05 Å². The van der Waals surface area contributed by atoms with Gasteiger partial charge >= 0.3 is 0 Å². The van der Waals surface area contributed by atoms with Crippen LogP contribution in [-0.2, 0) is 9.59 Å². The fourth-order valence-corrected chi connectivity index (χ4v) is 3.17. The number of hydrogen-bond donors (Lipinski definition) is 0. The molecule has 0 aliphatic carbocycles. The summed E-state index contributed by atoms with van der Waals surface area (Å²) >= 11 is 6.02. The average molecular weight is 308 g/mol. The zero-order chi connectivity index (χ0) is 15.0.